The lowest BCUT2D eigenvalue weighted by Crippen LogP contribution is -2.66. The first-order chi connectivity index (χ1) is 21.5. The van der Waals surface area contributed by atoms with Crippen LogP contribution in [0.25, 0.3) is 6.08 Å². The van der Waals surface area contributed by atoms with Crippen LogP contribution in [0.5, 0.6) is 11.5 Å². The van der Waals surface area contributed by atoms with E-state index >= 15 is 0 Å². The number of fused-ring (bicyclic) bond motifs is 7. The summed E-state index contributed by atoms with van der Waals surface area (Å²) in [4.78, 5) is 26.0. The second-order valence-electron chi connectivity index (χ2n) is 17.4. The average molecular weight is 635 g/mol. The second-order valence-corrected chi connectivity index (χ2v) is 17.4. The van der Waals surface area contributed by atoms with Gasteiger partial charge in [0.05, 0.1) is 12.0 Å². The van der Waals surface area contributed by atoms with Crippen molar-refractivity contribution in [3.8, 4) is 11.5 Å². The van der Waals surface area contributed by atoms with E-state index in [1.807, 2.05) is 0 Å². The van der Waals surface area contributed by atoms with Gasteiger partial charge in [0.2, 0.25) is 0 Å². The number of benzene rings is 1. The average Bonchev–Trinajstić information content (AvgIpc) is 2.99. The van der Waals surface area contributed by atoms with Crippen molar-refractivity contribution < 1.29 is 34.8 Å². The zero-order valence-electron chi connectivity index (χ0n) is 28.6. The number of carbonyl (C=O) groups is 2. The molecule has 252 valence electrons. The van der Waals surface area contributed by atoms with Crippen molar-refractivity contribution in [1.29, 1.82) is 0 Å². The lowest BCUT2D eigenvalue weighted by atomic mass is 9.33. The number of ether oxygens (including phenoxy) is 1. The van der Waals surface area contributed by atoms with Crippen molar-refractivity contribution in [3.05, 3.63) is 41.5 Å². The number of hydrogen-bond acceptors (Lipinski definition) is 6. The fourth-order valence-corrected chi connectivity index (χ4v) is 11.8. The summed E-state index contributed by atoms with van der Waals surface area (Å²) in [6.45, 7) is 14.0. The van der Waals surface area contributed by atoms with Gasteiger partial charge in [-0.15, -0.1) is 0 Å². The van der Waals surface area contributed by atoms with Gasteiger partial charge in [-0.3, -0.25) is 4.79 Å². The summed E-state index contributed by atoms with van der Waals surface area (Å²) in [5.74, 6) is -0.948. The normalized spacial score (nSPS) is 43.0. The number of hydrogen-bond donors (Lipinski definition) is 4. The van der Waals surface area contributed by atoms with Gasteiger partial charge in [0.15, 0.2) is 11.5 Å². The van der Waals surface area contributed by atoms with Crippen LogP contribution in [-0.4, -0.2) is 45.1 Å². The molecule has 4 saturated carbocycles. The molecule has 0 bridgehead atoms. The molecule has 46 heavy (non-hydrogen) atoms. The number of phenolic OH excluding ortho intramolecular Hbond substituents is 2. The van der Waals surface area contributed by atoms with Gasteiger partial charge in [-0.1, -0.05) is 59.3 Å². The number of aliphatic hydroxyl groups excluding tert-OH is 1. The number of aliphatic hydroxyl groups is 1. The molecule has 0 saturated heterocycles. The molecule has 5 aliphatic rings. The fraction of sp³-hybridized carbons (Fsp3) is 0.692. The van der Waals surface area contributed by atoms with Gasteiger partial charge >= 0.3 is 11.9 Å². The van der Waals surface area contributed by atoms with E-state index in [2.05, 4.69) is 47.6 Å². The van der Waals surface area contributed by atoms with Gasteiger partial charge in [-0.2, -0.15) is 0 Å². The molecule has 0 heterocycles. The molecular formula is C39H54O7. The first-order valence-corrected chi connectivity index (χ1v) is 17.4. The van der Waals surface area contributed by atoms with Gasteiger partial charge in [0.1, 0.15) is 6.10 Å². The highest BCUT2D eigenvalue weighted by atomic mass is 16.5. The molecule has 7 heteroatoms. The van der Waals surface area contributed by atoms with Gasteiger partial charge < -0.3 is 25.2 Å². The number of aromatic hydroxyl groups is 2. The lowest BCUT2D eigenvalue weighted by molar-refractivity contribution is -0.223. The highest BCUT2D eigenvalue weighted by molar-refractivity contribution is 5.87. The van der Waals surface area contributed by atoms with E-state index < -0.39 is 28.9 Å². The van der Waals surface area contributed by atoms with Crippen molar-refractivity contribution in [2.45, 2.75) is 112 Å². The standard InChI is InChI=1S/C39H54O7/c1-34(2)17-19-39(33(44)45)20-18-37(5)25(26(39)22-34)9-11-30-35(3)15-14-31(36(4,23-40)29(35)13-16-38(30,37)6)46-32(43)12-8-24-7-10-27(41)28(42)21-24/h7-10,12,21,26,29-31,40-42H,11,13-20,22-23H2,1-6H3,(H,44,45)/b12-8+/t26-,29+,30?,31-,35-,36-,37+,38+,39-/m0/s1. The SMILES string of the molecule is CC1(C)CC[C@]2(C(=O)O)CC[C@]3(C)C(=CCC4[C@@]5(C)CC[C@H](OC(=O)/C=C/c6ccc(O)c(O)c6)[C@@](C)(CO)[C@@H]5CC[C@]43C)[C@@H]2C1. The molecule has 9 atom stereocenters. The lowest BCUT2D eigenvalue weighted by Gasteiger charge is -2.71. The van der Waals surface area contributed by atoms with E-state index in [0.717, 1.165) is 57.8 Å². The number of esters is 1. The Morgan fingerprint density at radius 2 is 1.63 bits per heavy atom. The number of phenols is 2. The highest BCUT2D eigenvalue weighted by Gasteiger charge is 2.70. The Kier molecular flexibility index (Phi) is 7.82. The molecule has 1 aromatic rings. The van der Waals surface area contributed by atoms with E-state index in [1.165, 1.54) is 23.8 Å². The molecule has 5 aliphatic carbocycles. The Morgan fingerprint density at radius 3 is 2.30 bits per heavy atom. The van der Waals surface area contributed by atoms with Crippen LogP contribution in [0.4, 0.5) is 0 Å². The summed E-state index contributed by atoms with van der Waals surface area (Å²) < 4.78 is 6.08. The molecule has 0 spiro atoms. The zero-order chi connectivity index (χ0) is 33.5. The van der Waals surface area contributed by atoms with E-state index in [1.54, 1.807) is 12.1 Å². The number of carboxylic acids is 1. The Bertz CT molecular complexity index is 1480. The van der Waals surface area contributed by atoms with Crippen LogP contribution in [0.2, 0.25) is 0 Å². The summed E-state index contributed by atoms with van der Waals surface area (Å²) in [6.07, 6.45) is 13.7. The van der Waals surface area contributed by atoms with Crippen molar-refractivity contribution in [1.82, 2.24) is 0 Å². The van der Waals surface area contributed by atoms with Crippen molar-refractivity contribution in [2.75, 3.05) is 6.61 Å². The molecule has 0 amide bonds. The third-order valence-electron chi connectivity index (χ3n) is 14.8. The molecule has 0 aromatic heterocycles. The third-order valence-corrected chi connectivity index (χ3v) is 14.8. The van der Waals surface area contributed by atoms with Crippen molar-refractivity contribution in [2.24, 2.45) is 50.2 Å². The van der Waals surface area contributed by atoms with E-state index in [9.17, 15) is 30.0 Å². The van der Waals surface area contributed by atoms with Crippen LogP contribution < -0.4 is 0 Å². The smallest absolute Gasteiger partial charge is 0.331 e. The molecule has 7 nitrogen and oxygen atoms in total. The highest BCUT2D eigenvalue weighted by Crippen LogP contribution is 2.75. The Hall–Kier alpha value is -2.80. The first-order valence-electron chi connectivity index (χ1n) is 17.4. The topological polar surface area (TPSA) is 124 Å². The third kappa shape index (κ3) is 4.69. The van der Waals surface area contributed by atoms with Crippen molar-refractivity contribution in [3.63, 3.8) is 0 Å². The predicted molar refractivity (Wildman–Crippen MR) is 177 cm³/mol. The van der Waals surface area contributed by atoms with Crippen LogP contribution in [0, 0.1) is 50.2 Å². The largest absolute Gasteiger partial charge is 0.504 e. The maximum atomic E-state index is 13.0. The summed E-state index contributed by atoms with van der Waals surface area (Å²) in [5, 5.41) is 41.0. The monoisotopic (exact) mass is 634 g/mol. The molecular weight excluding hydrogens is 580 g/mol. The van der Waals surface area contributed by atoms with Crippen LogP contribution in [0.15, 0.2) is 35.9 Å². The van der Waals surface area contributed by atoms with E-state index in [-0.39, 0.29) is 51.6 Å². The van der Waals surface area contributed by atoms with Crippen LogP contribution in [0.3, 0.4) is 0 Å². The summed E-state index contributed by atoms with van der Waals surface area (Å²) in [7, 11) is 0. The zero-order valence-corrected chi connectivity index (χ0v) is 28.6. The summed E-state index contributed by atoms with van der Waals surface area (Å²) >= 11 is 0. The maximum absolute atomic E-state index is 13.0. The number of aliphatic carboxylic acids is 1. The maximum Gasteiger partial charge on any atom is 0.331 e. The summed E-state index contributed by atoms with van der Waals surface area (Å²) in [5.41, 5.74) is 0.724. The molecule has 6 rings (SSSR count). The van der Waals surface area contributed by atoms with Gasteiger partial charge in [0, 0.05) is 11.5 Å². The number of allylic oxidation sites excluding steroid dienone is 2. The fourth-order valence-electron chi connectivity index (χ4n) is 11.8. The molecule has 4 N–H and O–H groups in total. The Labute approximate surface area is 274 Å². The minimum atomic E-state index is -0.653. The Morgan fingerprint density at radius 1 is 0.913 bits per heavy atom. The molecule has 1 unspecified atom stereocenters. The van der Waals surface area contributed by atoms with Crippen LogP contribution in [-0.2, 0) is 14.3 Å². The van der Waals surface area contributed by atoms with Gasteiger partial charge in [-0.05, 0) is 127 Å². The summed E-state index contributed by atoms with van der Waals surface area (Å²) in [6, 6.07) is 4.36. The molecule has 0 radical (unpaired) electrons. The number of rotatable bonds is 5. The second kappa shape index (κ2) is 10.9. The van der Waals surface area contributed by atoms with Crippen LogP contribution >= 0.6 is 0 Å². The minimum absolute atomic E-state index is 0.00683. The molecule has 4 fully saturated rings. The minimum Gasteiger partial charge on any atom is -0.504 e. The van der Waals surface area contributed by atoms with Crippen LogP contribution in [0.1, 0.15) is 111 Å². The predicted octanol–water partition coefficient (Wildman–Crippen LogP) is 7.88. The first kappa shape index (κ1) is 33.1. The van der Waals surface area contributed by atoms with Crippen molar-refractivity contribution >= 4 is 18.0 Å². The molecule has 0 aliphatic heterocycles. The number of carboxylic acid groups (broad SMARTS) is 1. The van der Waals surface area contributed by atoms with E-state index in [0.29, 0.717) is 17.9 Å². The molecule has 1 aromatic carbocycles. The quantitative estimate of drug-likeness (QED) is 0.112. The number of carbonyl (C=O) groups excluding carboxylic acids is 1. The van der Waals surface area contributed by atoms with Gasteiger partial charge in [-0.25, -0.2) is 4.79 Å². The van der Waals surface area contributed by atoms with Gasteiger partial charge in [0.25, 0.3) is 0 Å². The Balaban J connectivity index is 1.27. The van der Waals surface area contributed by atoms with E-state index in [4.69, 9.17) is 4.74 Å².